The van der Waals surface area contributed by atoms with Gasteiger partial charge in [-0.15, -0.1) is 0 Å². The van der Waals surface area contributed by atoms with E-state index in [4.69, 9.17) is 4.74 Å². The first-order valence-corrected chi connectivity index (χ1v) is 8.94. The Morgan fingerprint density at radius 1 is 1.17 bits per heavy atom. The Hall–Kier alpha value is -2.09. The van der Waals surface area contributed by atoms with E-state index in [0.29, 0.717) is 5.56 Å². The monoisotopic (exact) mass is 322 g/mol. The molecule has 126 valence electrons. The molecule has 0 radical (unpaired) electrons. The maximum Gasteiger partial charge on any atom is 0.338 e. The minimum atomic E-state index is -0.184. The Morgan fingerprint density at radius 2 is 1.96 bits per heavy atom. The Balaban J connectivity index is 1.77. The van der Waals surface area contributed by atoms with Crippen LogP contribution in [0.25, 0.3) is 0 Å². The van der Waals surface area contributed by atoms with E-state index in [9.17, 15) is 4.79 Å². The van der Waals surface area contributed by atoms with E-state index in [0.717, 1.165) is 37.7 Å². The smallest absolute Gasteiger partial charge is 0.338 e. The topological polar surface area (TPSA) is 26.3 Å². The van der Waals surface area contributed by atoms with Crippen LogP contribution in [0, 0.1) is 12.3 Å². The molecule has 2 unspecified atom stereocenters. The number of carbonyl (C=O) groups excluding carboxylic acids is 1. The maximum atomic E-state index is 12.6. The minimum Gasteiger partial charge on any atom is -0.458 e. The summed E-state index contributed by atoms with van der Waals surface area (Å²) in [6, 6.07) is 18.2. The summed E-state index contributed by atoms with van der Waals surface area (Å²) in [5.74, 6) is -0.184. The third kappa shape index (κ3) is 3.53. The highest BCUT2D eigenvalue weighted by Gasteiger charge is 2.43. The summed E-state index contributed by atoms with van der Waals surface area (Å²) >= 11 is 0. The van der Waals surface area contributed by atoms with Crippen molar-refractivity contribution in [3.8, 4) is 0 Å². The quantitative estimate of drug-likeness (QED) is 0.694. The van der Waals surface area contributed by atoms with Crippen LogP contribution in [0.3, 0.4) is 0 Å². The molecule has 1 aliphatic rings. The lowest BCUT2D eigenvalue weighted by Gasteiger charge is -2.34. The third-order valence-electron chi connectivity index (χ3n) is 5.43. The molecule has 1 aliphatic carbocycles. The van der Waals surface area contributed by atoms with Crippen molar-refractivity contribution < 1.29 is 9.53 Å². The molecular weight excluding hydrogens is 296 g/mol. The van der Waals surface area contributed by atoms with Crippen molar-refractivity contribution in [2.24, 2.45) is 5.41 Å². The average Bonchev–Trinajstić information content (AvgIpc) is 2.98. The van der Waals surface area contributed by atoms with E-state index >= 15 is 0 Å². The standard InChI is InChI=1S/C22H26O2/c1-3-22(16-18-10-5-4-6-11-18)14-8-13-20(22)24-21(23)19-12-7-9-17(2)15-19/h4-7,9-12,15,20H,3,8,13-14,16H2,1-2H3. The molecule has 0 N–H and O–H groups in total. The highest BCUT2D eigenvalue weighted by molar-refractivity contribution is 5.89. The summed E-state index contributed by atoms with van der Waals surface area (Å²) in [7, 11) is 0. The Labute approximate surface area is 144 Å². The first-order chi connectivity index (χ1) is 11.6. The number of carbonyl (C=O) groups is 1. The van der Waals surface area contributed by atoms with Crippen molar-refractivity contribution >= 4 is 5.97 Å². The predicted molar refractivity (Wildman–Crippen MR) is 97.1 cm³/mol. The Kier molecular flexibility index (Phi) is 5.03. The predicted octanol–water partition coefficient (Wildman–Crippen LogP) is 5.34. The lowest BCUT2D eigenvalue weighted by molar-refractivity contribution is -0.00708. The summed E-state index contributed by atoms with van der Waals surface area (Å²) in [4.78, 5) is 12.6. The summed E-state index contributed by atoms with van der Waals surface area (Å²) in [5.41, 5.74) is 3.15. The van der Waals surface area contributed by atoms with Crippen LogP contribution in [0.15, 0.2) is 54.6 Å². The van der Waals surface area contributed by atoms with Crippen molar-refractivity contribution in [3.05, 3.63) is 71.3 Å². The average molecular weight is 322 g/mol. The van der Waals surface area contributed by atoms with Crippen LogP contribution in [0.1, 0.15) is 54.1 Å². The molecule has 2 atom stereocenters. The number of hydrogen-bond acceptors (Lipinski definition) is 2. The van der Waals surface area contributed by atoms with Crippen molar-refractivity contribution in [2.75, 3.05) is 0 Å². The molecule has 1 saturated carbocycles. The number of aryl methyl sites for hydroxylation is 1. The van der Waals surface area contributed by atoms with Gasteiger partial charge in [0, 0.05) is 5.41 Å². The summed E-state index contributed by atoms with van der Waals surface area (Å²) in [6.45, 7) is 4.22. The van der Waals surface area contributed by atoms with E-state index in [-0.39, 0.29) is 17.5 Å². The first-order valence-electron chi connectivity index (χ1n) is 8.94. The van der Waals surface area contributed by atoms with Gasteiger partial charge in [-0.3, -0.25) is 0 Å². The minimum absolute atomic E-state index is 0.00992. The van der Waals surface area contributed by atoms with Gasteiger partial charge in [-0.2, -0.15) is 0 Å². The number of benzene rings is 2. The van der Waals surface area contributed by atoms with Crippen LogP contribution in [-0.4, -0.2) is 12.1 Å². The molecule has 0 saturated heterocycles. The van der Waals surface area contributed by atoms with Gasteiger partial charge in [0.15, 0.2) is 0 Å². The van der Waals surface area contributed by atoms with Crippen molar-refractivity contribution in [3.63, 3.8) is 0 Å². The van der Waals surface area contributed by atoms with Gasteiger partial charge >= 0.3 is 5.97 Å². The van der Waals surface area contributed by atoms with E-state index in [1.807, 2.05) is 37.3 Å². The van der Waals surface area contributed by atoms with E-state index < -0.39 is 0 Å². The number of esters is 1. The summed E-state index contributed by atoms with van der Waals surface area (Å²) < 4.78 is 5.99. The van der Waals surface area contributed by atoms with Gasteiger partial charge < -0.3 is 4.74 Å². The van der Waals surface area contributed by atoms with Gasteiger partial charge in [-0.05, 0) is 56.7 Å². The second-order valence-electron chi connectivity index (χ2n) is 7.03. The van der Waals surface area contributed by atoms with Gasteiger partial charge in [0.05, 0.1) is 5.56 Å². The fraction of sp³-hybridized carbons (Fsp3) is 0.409. The maximum absolute atomic E-state index is 12.6. The van der Waals surface area contributed by atoms with Crippen LogP contribution < -0.4 is 0 Å². The van der Waals surface area contributed by atoms with Crippen molar-refractivity contribution in [1.29, 1.82) is 0 Å². The molecule has 0 aromatic heterocycles. The van der Waals surface area contributed by atoms with Crippen LogP contribution in [0.5, 0.6) is 0 Å². The number of hydrogen-bond donors (Lipinski definition) is 0. The fourth-order valence-corrected chi connectivity index (χ4v) is 3.99. The number of rotatable bonds is 5. The van der Waals surface area contributed by atoms with E-state index in [2.05, 4.69) is 31.2 Å². The van der Waals surface area contributed by atoms with Gasteiger partial charge in [0.25, 0.3) is 0 Å². The van der Waals surface area contributed by atoms with Gasteiger partial charge in [0.2, 0.25) is 0 Å². The molecular formula is C22H26O2. The molecule has 0 heterocycles. The lowest BCUT2D eigenvalue weighted by Crippen LogP contribution is -2.35. The summed E-state index contributed by atoms with van der Waals surface area (Å²) in [6.07, 6.45) is 5.26. The highest BCUT2D eigenvalue weighted by Crippen LogP contribution is 2.45. The van der Waals surface area contributed by atoms with Gasteiger partial charge in [-0.25, -0.2) is 4.79 Å². The molecule has 1 fully saturated rings. The first kappa shape index (κ1) is 16.8. The molecule has 0 amide bonds. The van der Waals surface area contributed by atoms with Gasteiger partial charge in [-0.1, -0.05) is 55.0 Å². The SMILES string of the molecule is CCC1(Cc2ccccc2)CCCC1OC(=O)c1cccc(C)c1. The third-order valence-corrected chi connectivity index (χ3v) is 5.43. The molecule has 24 heavy (non-hydrogen) atoms. The summed E-state index contributed by atoms with van der Waals surface area (Å²) in [5, 5.41) is 0. The van der Waals surface area contributed by atoms with E-state index in [1.165, 1.54) is 5.56 Å². The lowest BCUT2D eigenvalue weighted by atomic mass is 9.76. The van der Waals surface area contributed by atoms with Crippen molar-refractivity contribution in [2.45, 2.75) is 52.1 Å². The van der Waals surface area contributed by atoms with Crippen molar-refractivity contribution in [1.82, 2.24) is 0 Å². The molecule has 0 bridgehead atoms. The highest BCUT2D eigenvalue weighted by atomic mass is 16.5. The zero-order valence-corrected chi connectivity index (χ0v) is 14.6. The molecule has 2 heteroatoms. The van der Waals surface area contributed by atoms with Crippen LogP contribution in [0.4, 0.5) is 0 Å². The zero-order chi connectivity index (χ0) is 17.0. The normalized spacial score (nSPS) is 23.2. The second-order valence-corrected chi connectivity index (χ2v) is 7.03. The molecule has 0 aliphatic heterocycles. The largest absolute Gasteiger partial charge is 0.458 e. The molecule has 3 rings (SSSR count). The fourth-order valence-electron chi connectivity index (χ4n) is 3.99. The zero-order valence-electron chi connectivity index (χ0n) is 14.6. The Morgan fingerprint density at radius 3 is 2.67 bits per heavy atom. The molecule has 2 aromatic carbocycles. The van der Waals surface area contributed by atoms with E-state index in [1.54, 1.807) is 0 Å². The molecule has 2 aromatic rings. The second kappa shape index (κ2) is 7.21. The number of ether oxygens (including phenoxy) is 1. The molecule has 0 spiro atoms. The Bertz CT molecular complexity index is 692. The molecule has 2 nitrogen and oxygen atoms in total. The van der Waals surface area contributed by atoms with Crippen LogP contribution in [-0.2, 0) is 11.2 Å². The van der Waals surface area contributed by atoms with Crippen LogP contribution >= 0.6 is 0 Å². The van der Waals surface area contributed by atoms with Gasteiger partial charge in [0.1, 0.15) is 6.10 Å². The van der Waals surface area contributed by atoms with Crippen LogP contribution in [0.2, 0.25) is 0 Å².